The minimum atomic E-state index is -0.659. The maximum Gasteiger partial charge on any atom is 0.119 e. The molecule has 0 amide bonds. The summed E-state index contributed by atoms with van der Waals surface area (Å²) >= 11 is 6.75. The zero-order valence-corrected chi connectivity index (χ0v) is 25.3. The number of halogens is 1. The highest BCUT2D eigenvalue weighted by atomic mass is 35.5. The van der Waals surface area contributed by atoms with Gasteiger partial charge in [-0.25, -0.2) is 0 Å². The Morgan fingerprint density at radius 3 is 2.05 bits per heavy atom. The van der Waals surface area contributed by atoms with Crippen molar-refractivity contribution in [1.29, 1.82) is 0 Å². The zero-order chi connectivity index (χ0) is 29.6. The first-order valence-electron chi connectivity index (χ1n) is 15.2. The molecule has 0 spiro atoms. The van der Waals surface area contributed by atoms with Crippen LogP contribution in [-0.4, -0.2) is 36.1 Å². The Labute approximate surface area is 259 Å². The van der Waals surface area contributed by atoms with Gasteiger partial charge in [0, 0.05) is 10.9 Å². The fraction of sp³-hybridized carbons (Fsp3) is 0.351. The van der Waals surface area contributed by atoms with Crippen molar-refractivity contribution in [3.63, 3.8) is 0 Å². The first-order chi connectivity index (χ1) is 21.1. The van der Waals surface area contributed by atoms with Crippen molar-refractivity contribution in [2.45, 2.75) is 63.3 Å². The summed E-state index contributed by atoms with van der Waals surface area (Å²) in [5.74, 6) is 0.889. The van der Waals surface area contributed by atoms with Crippen LogP contribution in [0.2, 0.25) is 5.02 Å². The van der Waals surface area contributed by atoms with Gasteiger partial charge in [-0.2, -0.15) is 0 Å². The molecule has 1 saturated heterocycles. The molecule has 224 valence electrons. The second kappa shape index (κ2) is 13.6. The van der Waals surface area contributed by atoms with Gasteiger partial charge in [0.05, 0.1) is 38.1 Å². The van der Waals surface area contributed by atoms with Crippen LogP contribution >= 0.6 is 11.6 Å². The van der Waals surface area contributed by atoms with E-state index in [0.717, 1.165) is 46.4 Å². The molecule has 0 radical (unpaired) electrons. The van der Waals surface area contributed by atoms with Gasteiger partial charge < -0.3 is 24.1 Å². The molecule has 0 unspecified atom stereocenters. The van der Waals surface area contributed by atoms with E-state index in [0.29, 0.717) is 31.3 Å². The predicted molar refractivity (Wildman–Crippen MR) is 168 cm³/mol. The van der Waals surface area contributed by atoms with Crippen molar-refractivity contribution < 1.29 is 24.1 Å². The summed E-state index contributed by atoms with van der Waals surface area (Å²) < 4.78 is 25.9. The van der Waals surface area contributed by atoms with Gasteiger partial charge in [-0.05, 0) is 72.2 Å². The van der Waals surface area contributed by atoms with Gasteiger partial charge in [0.1, 0.15) is 18.0 Å². The molecule has 1 aliphatic heterocycles. The smallest absolute Gasteiger partial charge is 0.119 e. The largest absolute Gasteiger partial charge is 0.494 e. The van der Waals surface area contributed by atoms with Gasteiger partial charge in [-0.15, -0.1) is 0 Å². The SMILES string of the molecule is CCOc1ccc(Cc2cc([C@@H]3O[C@]4(CO)CC[C@@H]4[C@H](OCc4ccccc4)[C@H]3OCc3ccccc3)ccc2Cl)cc1. The molecule has 2 aliphatic rings. The lowest BCUT2D eigenvalue weighted by molar-refractivity contribution is -0.316. The normalized spacial score (nSPS) is 24.6. The van der Waals surface area contributed by atoms with Crippen LogP contribution in [0.3, 0.4) is 0 Å². The highest BCUT2D eigenvalue weighted by Crippen LogP contribution is 2.54. The second-order valence-electron chi connectivity index (χ2n) is 11.5. The molecule has 6 rings (SSSR count). The maximum absolute atomic E-state index is 10.6. The van der Waals surface area contributed by atoms with Crippen molar-refractivity contribution in [3.05, 3.63) is 136 Å². The molecule has 4 aromatic carbocycles. The van der Waals surface area contributed by atoms with Gasteiger partial charge in [0.25, 0.3) is 0 Å². The van der Waals surface area contributed by atoms with Crippen LogP contribution in [-0.2, 0) is 33.8 Å². The Kier molecular flexibility index (Phi) is 9.46. The summed E-state index contributed by atoms with van der Waals surface area (Å²) in [7, 11) is 0. The van der Waals surface area contributed by atoms with E-state index in [2.05, 4.69) is 42.5 Å². The molecular formula is C37H39ClO5. The molecular weight excluding hydrogens is 560 g/mol. The van der Waals surface area contributed by atoms with Gasteiger partial charge in [0.2, 0.25) is 0 Å². The summed E-state index contributed by atoms with van der Waals surface area (Å²) in [6.45, 7) is 3.45. The molecule has 43 heavy (non-hydrogen) atoms. The van der Waals surface area contributed by atoms with E-state index in [1.807, 2.05) is 67.6 Å². The number of hydrogen-bond acceptors (Lipinski definition) is 5. The van der Waals surface area contributed by atoms with Crippen molar-refractivity contribution in [1.82, 2.24) is 0 Å². The Hall–Kier alpha value is -3.19. The third-order valence-electron chi connectivity index (χ3n) is 8.80. The third kappa shape index (κ3) is 6.67. The summed E-state index contributed by atoms with van der Waals surface area (Å²) in [4.78, 5) is 0. The Morgan fingerprint density at radius 1 is 0.814 bits per heavy atom. The fourth-order valence-electron chi connectivity index (χ4n) is 6.38. The molecule has 1 aliphatic carbocycles. The highest BCUT2D eigenvalue weighted by Gasteiger charge is 2.60. The molecule has 5 nitrogen and oxygen atoms in total. The lowest BCUT2D eigenvalue weighted by Gasteiger charge is -2.59. The molecule has 0 bridgehead atoms. The van der Waals surface area contributed by atoms with Gasteiger partial charge in [0.15, 0.2) is 0 Å². The number of ether oxygens (including phenoxy) is 4. The Morgan fingerprint density at radius 2 is 1.47 bits per heavy atom. The van der Waals surface area contributed by atoms with Crippen LogP contribution in [0.5, 0.6) is 5.75 Å². The van der Waals surface area contributed by atoms with Crippen LogP contribution in [0.25, 0.3) is 0 Å². The topological polar surface area (TPSA) is 57.2 Å². The van der Waals surface area contributed by atoms with E-state index < -0.39 is 11.7 Å². The predicted octanol–water partition coefficient (Wildman–Crippen LogP) is 7.71. The number of aliphatic hydroxyl groups excluding tert-OH is 1. The molecule has 5 atom stereocenters. The zero-order valence-electron chi connectivity index (χ0n) is 24.5. The van der Waals surface area contributed by atoms with E-state index in [4.69, 9.17) is 30.5 Å². The molecule has 4 aromatic rings. The second-order valence-corrected chi connectivity index (χ2v) is 11.9. The Bertz CT molecular complexity index is 1460. The standard InChI is InChI=1S/C37H39ClO5/c1-2-40-31-16-13-26(14-17-31)21-30-22-29(15-18-33(30)38)34-36(42-24-28-11-7-4-8-12-28)35(32-19-20-37(32,25-39)43-34)41-23-27-9-5-3-6-10-27/h3-18,22,32,34-36,39H,2,19-21,23-25H2,1H3/t32-,34+,35+,36+,37+/m1/s1. The third-order valence-corrected chi connectivity index (χ3v) is 9.17. The summed E-state index contributed by atoms with van der Waals surface area (Å²) in [6.07, 6.45) is 1.30. The lowest BCUT2D eigenvalue weighted by Crippen LogP contribution is -2.66. The van der Waals surface area contributed by atoms with E-state index in [1.165, 1.54) is 0 Å². The average molecular weight is 599 g/mol. The molecule has 1 heterocycles. The van der Waals surface area contributed by atoms with E-state index in [1.54, 1.807) is 0 Å². The van der Waals surface area contributed by atoms with Crippen molar-refractivity contribution in [2.24, 2.45) is 5.92 Å². The summed E-state index contributed by atoms with van der Waals surface area (Å²) in [6, 6.07) is 34.6. The first-order valence-corrected chi connectivity index (χ1v) is 15.6. The van der Waals surface area contributed by atoms with E-state index in [-0.39, 0.29) is 24.7 Å². The maximum atomic E-state index is 10.6. The number of benzene rings is 4. The van der Waals surface area contributed by atoms with Crippen molar-refractivity contribution >= 4 is 11.6 Å². The fourth-order valence-corrected chi connectivity index (χ4v) is 6.56. The van der Waals surface area contributed by atoms with Crippen molar-refractivity contribution in [2.75, 3.05) is 13.2 Å². The summed E-state index contributed by atoms with van der Waals surface area (Å²) in [5, 5.41) is 11.3. The number of hydrogen-bond donors (Lipinski definition) is 1. The minimum Gasteiger partial charge on any atom is -0.494 e. The van der Waals surface area contributed by atoms with Crippen LogP contribution in [0.4, 0.5) is 0 Å². The van der Waals surface area contributed by atoms with Crippen LogP contribution in [0.1, 0.15) is 53.7 Å². The lowest BCUT2D eigenvalue weighted by atomic mass is 9.63. The monoisotopic (exact) mass is 598 g/mol. The van der Waals surface area contributed by atoms with E-state index >= 15 is 0 Å². The Balaban J connectivity index is 1.32. The van der Waals surface area contributed by atoms with Gasteiger partial charge in [-0.3, -0.25) is 0 Å². The van der Waals surface area contributed by atoms with Gasteiger partial charge in [-0.1, -0.05) is 96.5 Å². The number of fused-ring (bicyclic) bond motifs is 1. The summed E-state index contributed by atoms with van der Waals surface area (Å²) in [5.41, 5.74) is 4.64. The molecule has 1 N–H and O–H groups in total. The quantitative estimate of drug-likeness (QED) is 0.181. The number of aliphatic hydroxyl groups is 1. The van der Waals surface area contributed by atoms with Crippen LogP contribution in [0, 0.1) is 5.92 Å². The average Bonchev–Trinajstić information content (AvgIpc) is 3.03. The molecule has 0 aromatic heterocycles. The van der Waals surface area contributed by atoms with Crippen LogP contribution < -0.4 is 4.74 Å². The molecule has 6 heteroatoms. The highest BCUT2D eigenvalue weighted by molar-refractivity contribution is 6.31. The van der Waals surface area contributed by atoms with Crippen molar-refractivity contribution in [3.8, 4) is 5.75 Å². The minimum absolute atomic E-state index is 0.0360. The molecule has 1 saturated carbocycles. The van der Waals surface area contributed by atoms with E-state index in [9.17, 15) is 5.11 Å². The van der Waals surface area contributed by atoms with Crippen LogP contribution in [0.15, 0.2) is 103 Å². The van der Waals surface area contributed by atoms with Gasteiger partial charge >= 0.3 is 0 Å². The molecule has 2 fully saturated rings. The number of rotatable bonds is 12. The first kappa shape index (κ1) is 29.9.